The van der Waals surface area contributed by atoms with E-state index in [1.54, 1.807) is 0 Å². The number of halogens is 1. The summed E-state index contributed by atoms with van der Waals surface area (Å²) >= 11 is 5.88. The van der Waals surface area contributed by atoms with E-state index in [9.17, 15) is 0 Å². The summed E-state index contributed by atoms with van der Waals surface area (Å²) in [5, 5.41) is 0.800. The van der Waals surface area contributed by atoms with Crippen molar-refractivity contribution < 1.29 is 0 Å². The third kappa shape index (κ3) is 2.33. The molecule has 1 aliphatic rings. The molecule has 0 unspecified atom stereocenters. The first-order chi connectivity index (χ1) is 7.20. The van der Waals surface area contributed by atoms with Gasteiger partial charge in [-0.25, -0.2) is 0 Å². The van der Waals surface area contributed by atoms with Gasteiger partial charge in [-0.2, -0.15) is 0 Å². The summed E-state index contributed by atoms with van der Waals surface area (Å²) in [7, 11) is 2.15. The number of nitrogens with zero attached hydrogens (tertiary/aromatic N) is 1. The highest BCUT2D eigenvalue weighted by molar-refractivity contribution is 6.30. The van der Waals surface area contributed by atoms with Crippen molar-refractivity contribution in [3.8, 4) is 0 Å². The van der Waals surface area contributed by atoms with Crippen LogP contribution in [0.15, 0.2) is 24.3 Å². The van der Waals surface area contributed by atoms with Crippen LogP contribution in [0.2, 0.25) is 5.02 Å². The molecule has 3 heteroatoms. The maximum atomic E-state index is 5.88. The van der Waals surface area contributed by atoms with E-state index in [-0.39, 0.29) is 0 Å². The smallest absolute Gasteiger partial charge is 0.0406 e. The van der Waals surface area contributed by atoms with Crippen LogP contribution in [0.25, 0.3) is 0 Å². The molecule has 15 heavy (non-hydrogen) atoms. The van der Waals surface area contributed by atoms with Gasteiger partial charge in [0.2, 0.25) is 0 Å². The van der Waals surface area contributed by atoms with Gasteiger partial charge in [-0.05, 0) is 37.2 Å². The van der Waals surface area contributed by atoms with Crippen molar-refractivity contribution in [3.63, 3.8) is 0 Å². The Morgan fingerprint density at radius 2 is 2.00 bits per heavy atom. The van der Waals surface area contributed by atoms with E-state index in [2.05, 4.69) is 24.1 Å². The lowest BCUT2D eigenvalue weighted by atomic mass is 9.89. The quantitative estimate of drug-likeness (QED) is 0.832. The summed E-state index contributed by atoms with van der Waals surface area (Å²) in [5.74, 6) is 1.15. The van der Waals surface area contributed by atoms with Crippen LogP contribution in [0.3, 0.4) is 0 Å². The lowest BCUT2D eigenvalue weighted by Crippen LogP contribution is -2.21. The topological polar surface area (TPSA) is 29.3 Å². The summed E-state index contributed by atoms with van der Waals surface area (Å²) in [6.07, 6.45) is 0. The third-order valence-electron chi connectivity index (χ3n) is 3.22. The minimum atomic E-state index is 0.567. The summed E-state index contributed by atoms with van der Waals surface area (Å²) < 4.78 is 0. The third-order valence-corrected chi connectivity index (χ3v) is 3.48. The summed E-state index contributed by atoms with van der Waals surface area (Å²) in [6, 6.07) is 8.16. The monoisotopic (exact) mass is 224 g/mol. The zero-order valence-corrected chi connectivity index (χ0v) is 9.74. The van der Waals surface area contributed by atoms with Gasteiger partial charge in [0.25, 0.3) is 0 Å². The molecule has 0 amide bonds. The van der Waals surface area contributed by atoms with E-state index in [1.165, 1.54) is 5.56 Å². The van der Waals surface area contributed by atoms with Crippen LogP contribution < -0.4 is 5.73 Å². The molecule has 2 atom stereocenters. The molecular formula is C12H17ClN2. The fourth-order valence-corrected chi connectivity index (χ4v) is 2.54. The van der Waals surface area contributed by atoms with Gasteiger partial charge in [-0.1, -0.05) is 23.7 Å². The molecule has 1 aromatic rings. The van der Waals surface area contributed by atoms with Crippen molar-refractivity contribution in [2.24, 2.45) is 11.7 Å². The molecule has 0 aliphatic carbocycles. The van der Waals surface area contributed by atoms with Crippen molar-refractivity contribution in [2.75, 3.05) is 26.7 Å². The molecule has 2 nitrogen and oxygen atoms in total. The average molecular weight is 225 g/mol. The van der Waals surface area contributed by atoms with Crippen molar-refractivity contribution in [1.29, 1.82) is 0 Å². The Kier molecular flexibility index (Phi) is 3.29. The first-order valence-corrected chi connectivity index (χ1v) is 5.72. The Morgan fingerprint density at radius 1 is 1.33 bits per heavy atom. The SMILES string of the molecule is CN1C[C@H](CN)[C@@H](c2ccc(Cl)cc2)C1. The fraction of sp³-hybridized carbons (Fsp3) is 0.500. The van der Waals surface area contributed by atoms with Gasteiger partial charge in [0, 0.05) is 24.0 Å². The summed E-state index contributed by atoms with van der Waals surface area (Å²) in [4.78, 5) is 2.34. The minimum absolute atomic E-state index is 0.567. The molecule has 1 saturated heterocycles. The second kappa shape index (κ2) is 4.52. The zero-order chi connectivity index (χ0) is 10.8. The largest absolute Gasteiger partial charge is 0.330 e. The summed E-state index contributed by atoms with van der Waals surface area (Å²) in [5.41, 5.74) is 7.16. The Hall–Kier alpha value is -0.570. The Morgan fingerprint density at radius 3 is 2.60 bits per heavy atom. The molecule has 1 fully saturated rings. The van der Waals surface area contributed by atoms with Crippen LogP contribution >= 0.6 is 11.6 Å². The van der Waals surface area contributed by atoms with E-state index < -0.39 is 0 Å². The standard InChI is InChI=1S/C12H17ClN2/c1-15-7-10(6-14)12(8-15)9-2-4-11(13)5-3-9/h2-5,10,12H,6-8,14H2,1H3/t10-,12+/m0/s1. The number of hydrogen-bond acceptors (Lipinski definition) is 2. The highest BCUT2D eigenvalue weighted by Gasteiger charge is 2.30. The van der Waals surface area contributed by atoms with E-state index in [0.29, 0.717) is 11.8 Å². The van der Waals surface area contributed by atoms with Gasteiger partial charge in [0.1, 0.15) is 0 Å². The predicted octanol–water partition coefficient (Wildman–Crippen LogP) is 1.94. The molecule has 0 bridgehead atoms. The molecule has 0 radical (unpaired) electrons. The highest BCUT2D eigenvalue weighted by atomic mass is 35.5. The maximum absolute atomic E-state index is 5.88. The normalized spacial score (nSPS) is 27.1. The van der Waals surface area contributed by atoms with Crippen LogP contribution in [-0.4, -0.2) is 31.6 Å². The molecule has 1 heterocycles. The maximum Gasteiger partial charge on any atom is 0.0406 e. The average Bonchev–Trinajstić information content (AvgIpc) is 2.61. The van der Waals surface area contributed by atoms with Crippen molar-refractivity contribution in [1.82, 2.24) is 4.90 Å². The lowest BCUT2D eigenvalue weighted by Gasteiger charge is -2.16. The summed E-state index contributed by atoms with van der Waals surface area (Å²) in [6.45, 7) is 2.96. The predicted molar refractivity (Wildman–Crippen MR) is 64.2 cm³/mol. The van der Waals surface area contributed by atoms with Gasteiger partial charge in [-0.15, -0.1) is 0 Å². The van der Waals surface area contributed by atoms with Crippen molar-refractivity contribution >= 4 is 11.6 Å². The molecule has 0 aromatic heterocycles. The Balaban J connectivity index is 2.19. The van der Waals surface area contributed by atoms with E-state index in [1.807, 2.05) is 12.1 Å². The van der Waals surface area contributed by atoms with Crippen LogP contribution in [-0.2, 0) is 0 Å². The van der Waals surface area contributed by atoms with Crippen LogP contribution in [0.5, 0.6) is 0 Å². The molecule has 1 aromatic carbocycles. The van der Waals surface area contributed by atoms with E-state index >= 15 is 0 Å². The number of rotatable bonds is 2. The fourth-order valence-electron chi connectivity index (χ4n) is 2.41. The van der Waals surface area contributed by atoms with Gasteiger partial charge < -0.3 is 10.6 Å². The molecule has 0 saturated carbocycles. The number of benzene rings is 1. The lowest BCUT2D eigenvalue weighted by molar-refractivity contribution is 0.397. The molecular weight excluding hydrogens is 208 g/mol. The first kappa shape index (κ1) is 10.9. The number of likely N-dealkylation sites (tertiary alicyclic amines) is 1. The van der Waals surface area contributed by atoms with Gasteiger partial charge in [0.05, 0.1) is 0 Å². The molecule has 82 valence electrons. The second-order valence-electron chi connectivity index (χ2n) is 4.38. The van der Waals surface area contributed by atoms with E-state index in [0.717, 1.165) is 24.7 Å². The van der Waals surface area contributed by atoms with Crippen molar-refractivity contribution in [2.45, 2.75) is 5.92 Å². The molecule has 0 spiro atoms. The van der Waals surface area contributed by atoms with Gasteiger partial charge >= 0.3 is 0 Å². The molecule has 2 N–H and O–H groups in total. The van der Waals surface area contributed by atoms with Crippen LogP contribution in [0, 0.1) is 5.92 Å². The molecule has 1 aliphatic heterocycles. The Bertz CT molecular complexity index is 323. The Labute approximate surface area is 96.0 Å². The van der Waals surface area contributed by atoms with Gasteiger partial charge in [-0.3, -0.25) is 0 Å². The number of nitrogens with two attached hydrogens (primary N) is 1. The number of likely N-dealkylation sites (N-methyl/N-ethyl adjacent to an activating group) is 1. The van der Waals surface area contributed by atoms with Gasteiger partial charge in [0.15, 0.2) is 0 Å². The van der Waals surface area contributed by atoms with E-state index in [4.69, 9.17) is 17.3 Å². The molecule has 2 rings (SSSR count). The minimum Gasteiger partial charge on any atom is -0.330 e. The second-order valence-corrected chi connectivity index (χ2v) is 4.81. The van der Waals surface area contributed by atoms with Crippen LogP contribution in [0.4, 0.5) is 0 Å². The highest BCUT2D eigenvalue weighted by Crippen LogP contribution is 2.31. The van der Waals surface area contributed by atoms with Crippen LogP contribution in [0.1, 0.15) is 11.5 Å². The zero-order valence-electron chi connectivity index (χ0n) is 8.99. The first-order valence-electron chi connectivity index (χ1n) is 5.35. The van der Waals surface area contributed by atoms with Crippen molar-refractivity contribution in [3.05, 3.63) is 34.9 Å². The number of hydrogen-bond donors (Lipinski definition) is 1.